The number of rotatable bonds is 5. The summed E-state index contributed by atoms with van der Waals surface area (Å²) in [6, 6.07) is 3.14. The number of ether oxygens (including phenoxy) is 2. The molecule has 6 rings (SSSR count). The summed E-state index contributed by atoms with van der Waals surface area (Å²) in [6.07, 6.45) is 5.45. The molecule has 2 aromatic heterocycles. The molecule has 212 valence electrons. The molecule has 9 nitrogen and oxygen atoms in total. The Balaban J connectivity index is 1.60. The van der Waals surface area contributed by atoms with Crippen molar-refractivity contribution in [3.63, 3.8) is 0 Å². The van der Waals surface area contributed by atoms with Gasteiger partial charge in [0.2, 0.25) is 11.5 Å². The van der Waals surface area contributed by atoms with Crippen LogP contribution in [0.5, 0.6) is 0 Å². The van der Waals surface area contributed by atoms with Gasteiger partial charge in [-0.2, -0.15) is 0 Å². The molecule has 4 heterocycles. The molecule has 0 saturated carbocycles. The van der Waals surface area contributed by atoms with Crippen molar-refractivity contribution in [2.24, 2.45) is 0 Å². The first kappa shape index (κ1) is 26.9. The van der Waals surface area contributed by atoms with Gasteiger partial charge in [-0.05, 0) is 48.9 Å². The van der Waals surface area contributed by atoms with Crippen molar-refractivity contribution in [2.45, 2.75) is 71.6 Å². The summed E-state index contributed by atoms with van der Waals surface area (Å²) in [7, 11) is 0. The van der Waals surface area contributed by atoms with Crippen LogP contribution in [0.25, 0.3) is 22.3 Å². The van der Waals surface area contributed by atoms with E-state index in [9.17, 15) is 19.2 Å². The van der Waals surface area contributed by atoms with Crippen LogP contribution in [-0.4, -0.2) is 33.9 Å². The summed E-state index contributed by atoms with van der Waals surface area (Å²) in [5.74, 6) is -1.90. The number of nitrogens with zero attached hydrogens (tertiary/aromatic N) is 2. The van der Waals surface area contributed by atoms with Gasteiger partial charge in [-0.1, -0.05) is 19.1 Å². The van der Waals surface area contributed by atoms with Crippen molar-refractivity contribution >= 4 is 28.7 Å². The van der Waals surface area contributed by atoms with Crippen molar-refractivity contribution in [2.75, 3.05) is 6.54 Å². The number of carbonyl (C=O) groups is 3. The molecule has 2 atom stereocenters. The Morgan fingerprint density at radius 1 is 1.24 bits per heavy atom. The van der Waals surface area contributed by atoms with Crippen molar-refractivity contribution in [1.29, 1.82) is 0 Å². The van der Waals surface area contributed by atoms with Crippen molar-refractivity contribution < 1.29 is 28.2 Å². The Morgan fingerprint density at radius 3 is 2.73 bits per heavy atom. The number of halogens is 1. The number of amides is 1. The molecule has 0 radical (unpaired) electrons. The fourth-order valence-electron chi connectivity index (χ4n) is 6.62. The molecule has 1 aliphatic carbocycles. The number of cyclic esters (lactones) is 1. The molecule has 1 aromatic carbocycles. The SMILES string of the molecule is CC[C@@]1(OC(C)=O)C(=O)OCc2c1cc1n(c2=O)Cc2c-1nc1cc(F)c(C)c3c1c2[C@@H](/C=C/CNC(C)=O)CC3. The molecular formula is C31H30FN3O6. The van der Waals surface area contributed by atoms with E-state index in [4.69, 9.17) is 14.5 Å². The largest absolute Gasteiger partial charge is 0.457 e. The summed E-state index contributed by atoms with van der Waals surface area (Å²) < 4.78 is 27.6. The van der Waals surface area contributed by atoms with Crippen molar-refractivity contribution in [3.05, 3.63) is 73.8 Å². The molecule has 3 aliphatic rings. The minimum atomic E-state index is -1.74. The third-order valence-corrected chi connectivity index (χ3v) is 8.55. The normalized spacial score (nSPS) is 20.4. The van der Waals surface area contributed by atoms with E-state index in [-0.39, 0.29) is 48.3 Å². The lowest BCUT2D eigenvalue weighted by Crippen LogP contribution is -2.47. The number of hydrogen-bond donors (Lipinski definition) is 1. The van der Waals surface area contributed by atoms with E-state index in [2.05, 4.69) is 11.4 Å². The predicted molar refractivity (Wildman–Crippen MR) is 148 cm³/mol. The van der Waals surface area contributed by atoms with Crippen LogP contribution in [0.2, 0.25) is 0 Å². The van der Waals surface area contributed by atoms with E-state index in [1.54, 1.807) is 24.5 Å². The van der Waals surface area contributed by atoms with Crippen molar-refractivity contribution in [3.8, 4) is 11.4 Å². The molecule has 1 N–H and O–H groups in total. The Kier molecular flexibility index (Phi) is 6.32. The number of fused-ring (bicyclic) bond motifs is 5. The molecule has 0 fully saturated rings. The monoisotopic (exact) mass is 559 g/mol. The minimum Gasteiger partial charge on any atom is -0.457 e. The lowest BCUT2D eigenvalue weighted by Gasteiger charge is -2.35. The van der Waals surface area contributed by atoms with Gasteiger partial charge in [0.15, 0.2) is 0 Å². The molecule has 1 amide bonds. The van der Waals surface area contributed by atoms with Gasteiger partial charge in [0.05, 0.1) is 29.0 Å². The molecule has 0 spiro atoms. The van der Waals surface area contributed by atoms with E-state index in [1.807, 2.05) is 6.08 Å². The first-order valence-corrected chi connectivity index (χ1v) is 13.8. The Hall–Kier alpha value is -4.34. The Morgan fingerprint density at radius 2 is 2.02 bits per heavy atom. The third-order valence-electron chi connectivity index (χ3n) is 8.55. The Labute approximate surface area is 235 Å². The van der Waals surface area contributed by atoms with Crippen LogP contribution in [0.15, 0.2) is 29.1 Å². The molecule has 41 heavy (non-hydrogen) atoms. The number of nitrogens with one attached hydrogen (secondary N) is 1. The maximum Gasteiger partial charge on any atom is 0.355 e. The fourth-order valence-corrected chi connectivity index (χ4v) is 6.62. The van der Waals surface area contributed by atoms with Crippen LogP contribution in [0, 0.1) is 12.7 Å². The van der Waals surface area contributed by atoms with Gasteiger partial charge in [-0.25, -0.2) is 14.2 Å². The van der Waals surface area contributed by atoms with Crippen LogP contribution >= 0.6 is 0 Å². The number of esters is 2. The topological polar surface area (TPSA) is 117 Å². The summed E-state index contributed by atoms with van der Waals surface area (Å²) in [6.45, 7) is 6.55. The van der Waals surface area contributed by atoms with E-state index in [1.165, 1.54) is 19.9 Å². The fraction of sp³-hybridized carbons (Fsp3) is 0.387. The van der Waals surface area contributed by atoms with Gasteiger partial charge in [0, 0.05) is 48.9 Å². The third kappa shape index (κ3) is 3.99. The maximum atomic E-state index is 15.1. The second-order valence-electron chi connectivity index (χ2n) is 10.9. The van der Waals surface area contributed by atoms with Gasteiger partial charge >= 0.3 is 11.9 Å². The zero-order valence-electron chi connectivity index (χ0n) is 23.4. The number of carbonyl (C=O) groups excluding carboxylic acids is 3. The highest BCUT2D eigenvalue weighted by Gasteiger charge is 2.50. The van der Waals surface area contributed by atoms with E-state index < -0.39 is 17.5 Å². The number of benzene rings is 1. The van der Waals surface area contributed by atoms with E-state index >= 15 is 4.39 Å². The van der Waals surface area contributed by atoms with E-state index in [0.29, 0.717) is 41.0 Å². The first-order valence-electron chi connectivity index (χ1n) is 13.8. The van der Waals surface area contributed by atoms with Crippen LogP contribution in [-0.2, 0) is 49.0 Å². The molecule has 2 aliphatic heterocycles. The number of allylic oxidation sites excluding steroid dienone is 1. The van der Waals surface area contributed by atoms with Crippen LogP contribution in [0.3, 0.4) is 0 Å². The van der Waals surface area contributed by atoms with Crippen LogP contribution in [0.1, 0.15) is 72.9 Å². The minimum absolute atomic E-state index is 0.0410. The number of pyridine rings is 2. The maximum absolute atomic E-state index is 15.1. The zero-order chi connectivity index (χ0) is 29.2. The number of aryl methyl sites for hydroxylation is 1. The highest BCUT2D eigenvalue weighted by atomic mass is 19.1. The van der Waals surface area contributed by atoms with Gasteiger partial charge < -0.3 is 19.4 Å². The summed E-state index contributed by atoms with van der Waals surface area (Å²) in [5.41, 5.74) is 3.34. The zero-order valence-corrected chi connectivity index (χ0v) is 23.4. The molecular weight excluding hydrogens is 529 g/mol. The average Bonchev–Trinajstić information content (AvgIpc) is 3.30. The number of hydrogen-bond acceptors (Lipinski definition) is 7. The molecule has 3 aromatic rings. The number of aromatic nitrogens is 2. The highest BCUT2D eigenvalue weighted by Crippen LogP contribution is 2.47. The summed E-state index contributed by atoms with van der Waals surface area (Å²) in [5, 5.41) is 3.67. The van der Waals surface area contributed by atoms with E-state index in [0.717, 1.165) is 28.5 Å². The lowest BCUT2D eigenvalue weighted by atomic mass is 9.78. The predicted octanol–water partition coefficient (Wildman–Crippen LogP) is 3.82. The standard InChI is InChI=1S/C31H30FN3O6/c1-5-31(41-17(4)37)22-11-25-28-20(13-35(25)29(38)21(22)14-40-30(31)39)26-18(7-6-10-33-16(3)36)8-9-19-15(2)23(32)12-24(34-28)27(19)26/h6-7,11-12,18H,5,8-10,13-14H2,1-4H3,(H,33,36)/b7-6+/t18-,31-/m0/s1. The Bertz CT molecular complexity index is 1770. The van der Waals surface area contributed by atoms with Gasteiger partial charge in [-0.3, -0.25) is 14.4 Å². The summed E-state index contributed by atoms with van der Waals surface area (Å²) >= 11 is 0. The quantitative estimate of drug-likeness (QED) is 0.292. The second kappa shape index (κ2) is 9.64. The van der Waals surface area contributed by atoms with Gasteiger partial charge in [0.25, 0.3) is 5.56 Å². The lowest BCUT2D eigenvalue weighted by molar-refractivity contribution is -0.188. The molecule has 0 bridgehead atoms. The van der Waals surface area contributed by atoms with Gasteiger partial charge in [-0.15, -0.1) is 0 Å². The second-order valence-corrected chi connectivity index (χ2v) is 10.9. The van der Waals surface area contributed by atoms with Crippen molar-refractivity contribution in [1.82, 2.24) is 14.9 Å². The average molecular weight is 560 g/mol. The molecule has 0 unspecified atom stereocenters. The van der Waals surface area contributed by atoms with Crippen LogP contribution < -0.4 is 10.9 Å². The molecule has 0 saturated heterocycles. The first-order chi connectivity index (χ1) is 19.6. The van der Waals surface area contributed by atoms with Crippen LogP contribution in [0.4, 0.5) is 4.39 Å². The summed E-state index contributed by atoms with van der Waals surface area (Å²) in [4.78, 5) is 55.2. The smallest absolute Gasteiger partial charge is 0.355 e. The molecule has 10 heteroatoms. The van der Waals surface area contributed by atoms with Gasteiger partial charge in [0.1, 0.15) is 12.4 Å². The highest BCUT2D eigenvalue weighted by molar-refractivity contribution is 5.93.